The van der Waals surface area contributed by atoms with Gasteiger partial charge in [-0.25, -0.2) is 0 Å². The molecule has 1 amide bonds. The van der Waals surface area contributed by atoms with Crippen LogP contribution in [0.1, 0.15) is 46.0 Å². The number of fused-ring (bicyclic) bond motifs is 1. The molecule has 0 spiro atoms. The molecule has 4 atom stereocenters. The highest BCUT2D eigenvalue weighted by molar-refractivity contribution is 5.83. The minimum atomic E-state index is 0.136. The van der Waals surface area contributed by atoms with E-state index in [4.69, 9.17) is 0 Å². The highest BCUT2D eigenvalue weighted by Gasteiger charge is 2.45. The molecule has 0 bridgehead atoms. The maximum Gasteiger partial charge on any atom is 0.240 e. The van der Waals surface area contributed by atoms with Gasteiger partial charge in [-0.05, 0) is 50.0 Å². The molecule has 2 aliphatic heterocycles. The molecule has 1 saturated carbocycles. The number of rotatable bonds is 2. The molecule has 0 aromatic heterocycles. The molecule has 3 heteroatoms. The Morgan fingerprint density at radius 1 is 1.22 bits per heavy atom. The van der Waals surface area contributed by atoms with E-state index in [1.54, 1.807) is 0 Å². The summed E-state index contributed by atoms with van der Waals surface area (Å²) in [5.74, 6) is 2.41. The van der Waals surface area contributed by atoms with E-state index < -0.39 is 0 Å². The number of carbonyl (C=O) groups is 1. The minimum Gasteiger partial charge on any atom is -0.338 e. The summed E-state index contributed by atoms with van der Waals surface area (Å²) >= 11 is 0. The Morgan fingerprint density at radius 3 is 2.83 bits per heavy atom. The Bertz CT molecular complexity index is 320. The van der Waals surface area contributed by atoms with Gasteiger partial charge < -0.3 is 10.2 Å². The van der Waals surface area contributed by atoms with Gasteiger partial charge in [0.05, 0.1) is 6.04 Å². The Hall–Kier alpha value is -0.570. The molecule has 18 heavy (non-hydrogen) atoms. The molecule has 0 radical (unpaired) electrons. The molecule has 3 rings (SSSR count). The first-order chi connectivity index (χ1) is 8.68. The topological polar surface area (TPSA) is 32.3 Å². The minimum absolute atomic E-state index is 0.136. The average molecular weight is 250 g/mol. The maximum absolute atomic E-state index is 12.8. The van der Waals surface area contributed by atoms with E-state index in [-0.39, 0.29) is 6.04 Å². The zero-order valence-electron chi connectivity index (χ0n) is 11.7. The number of hydrogen-bond donors (Lipinski definition) is 1. The molecular weight excluding hydrogens is 224 g/mol. The third kappa shape index (κ3) is 1.97. The summed E-state index contributed by atoms with van der Waals surface area (Å²) in [7, 11) is 0. The van der Waals surface area contributed by atoms with Crippen LogP contribution in [0.4, 0.5) is 0 Å². The molecule has 0 aromatic rings. The normalized spacial score (nSPS) is 39.6. The molecule has 3 fully saturated rings. The van der Waals surface area contributed by atoms with Gasteiger partial charge in [0.25, 0.3) is 0 Å². The third-order valence-corrected chi connectivity index (χ3v) is 5.36. The zero-order valence-corrected chi connectivity index (χ0v) is 11.7. The molecule has 1 N–H and O–H groups in total. The van der Waals surface area contributed by atoms with Gasteiger partial charge in [0, 0.05) is 12.6 Å². The van der Waals surface area contributed by atoms with Gasteiger partial charge in [0.2, 0.25) is 5.91 Å². The summed E-state index contributed by atoms with van der Waals surface area (Å²) in [4.78, 5) is 15.0. The van der Waals surface area contributed by atoms with Crippen LogP contribution in [0.3, 0.4) is 0 Å². The molecule has 4 unspecified atom stereocenters. The summed E-state index contributed by atoms with van der Waals surface area (Å²) in [6, 6.07) is 0.622. The van der Waals surface area contributed by atoms with Crippen LogP contribution >= 0.6 is 0 Å². The van der Waals surface area contributed by atoms with Crippen LogP contribution in [0.2, 0.25) is 0 Å². The van der Waals surface area contributed by atoms with E-state index in [1.165, 1.54) is 32.1 Å². The largest absolute Gasteiger partial charge is 0.338 e. The molecule has 3 aliphatic rings. The van der Waals surface area contributed by atoms with E-state index in [9.17, 15) is 4.79 Å². The monoisotopic (exact) mass is 250 g/mol. The number of nitrogens with one attached hydrogen (secondary N) is 1. The van der Waals surface area contributed by atoms with Crippen LogP contribution in [0.25, 0.3) is 0 Å². The van der Waals surface area contributed by atoms with Gasteiger partial charge >= 0.3 is 0 Å². The van der Waals surface area contributed by atoms with Gasteiger partial charge in [-0.15, -0.1) is 0 Å². The molecule has 3 nitrogen and oxygen atoms in total. The fourth-order valence-electron chi connectivity index (χ4n) is 4.40. The lowest BCUT2D eigenvalue weighted by Crippen LogP contribution is -2.49. The van der Waals surface area contributed by atoms with Gasteiger partial charge in [-0.2, -0.15) is 0 Å². The summed E-state index contributed by atoms with van der Waals surface area (Å²) < 4.78 is 0. The van der Waals surface area contributed by atoms with Crippen LogP contribution in [0.15, 0.2) is 0 Å². The first-order valence-electron chi connectivity index (χ1n) is 7.72. The summed E-state index contributed by atoms with van der Waals surface area (Å²) in [5, 5.41) is 3.50. The fraction of sp³-hybridized carbons (Fsp3) is 0.933. The van der Waals surface area contributed by atoms with Crippen molar-refractivity contribution in [1.29, 1.82) is 0 Å². The predicted molar refractivity (Wildman–Crippen MR) is 72.2 cm³/mol. The summed E-state index contributed by atoms with van der Waals surface area (Å²) in [6.45, 7) is 6.55. The quantitative estimate of drug-likeness (QED) is 0.813. The highest BCUT2D eigenvalue weighted by Crippen LogP contribution is 2.39. The Labute approximate surface area is 110 Å². The van der Waals surface area contributed by atoms with Crippen molar-refractivity contribution in [3.05, 3.63) is 0 Å². The van der Waals surface area contributed by atoms with Crippen molar-refractivity contribution in [3.63, 3.8) is 0 Å². The Morgan fingerprint density at radius 2 is 2.06 bits per heavy atom. The predicted octanol–water partition coefficient (Wildman–Crippen LogP) is 2.02. The van der Waals surface area contributed by atoms with Gasteiger partial charge in [-0.3, -0.25) is 4.79 Å². The van der Waals surface area contributed by atoms with Crippen LogP contribution in [-0.4, -0.2) is 36.0 Å². The molecule has 0 aromatic carbocycles. The SMILES string of the molecule is CC(C)C1CCCN1C(=O)C1NCC2CCCC21. The van der Waals surface area contributed by atoms with Crippen molar-refractivity contribution in [2.45, 2.75) is 58.0 Å². The van der Waals surface area contributed by atoms with E-state index in [2.05, 4.69) is 24.1 Å². The molecule has 2 saturated heterocycles. The number of nitrogens with zero attached hydrogens (tertiary/aromatic N) is 1. The lowest BCUT2D eigenvalue weighted by Gasteiger charge is -2.31. The number of hydrogen-bond acceptors (Lipinski definition) is 2. The second-order valence-electron chi connectivity index (χ2n) is 6.73. The van der Waals surface area contributed by atoms with E-state index in [1.807, 2.05) is 0 Å². The van der Waals surface area contributed by atoms with Crippen LogP contribution in [0, 0.1) is 17.8 Å². The molecule has 102 valence electrons. The van der Waals surface area contributed by atoms with Crippen molar-refractivity contribution < 1.29 is 4.79 Å². The average Bonchev–Trinajstić information content (AvgIpc) is 3.03. The van der Waals surface area contributed by atoms with E-state index in [0.717, 1.165) is 19.0 Å². The lowest BCUT2D eigenvalue weighted by atomic mass is 9.92. The third-order valence-electron chi connectivity index (χ3n) is 5.36. The van der Waals surface area contributed by atoms with Gasteiger partial charge in [0.1, 0.15) is 0 Å². The Balaban J connectivity index is 1.70. The maximum atomic E-state index is 12.8. The first-order valence-corrected chi connectivity index (χ1v) is 7.72. The summed E-state index contributed by atoms with van der Waals surface area (Å²) in [6.07, 6.45) is 6.30. The van der Waals surface area contributed by atoms with Gasteiger partial charge in [0.15, 0.2) is 0 Å². The molecule has 1 aliphatic carbocycles. The van der Waals surface area contributed by atoms with E-state index in [0.29, 0.717) is 23.8 Å². The lowest BCUT2D eigenvalue weighted by molar-refractivity contribution is -0.135. The number of amides is 1. The van der Waals surface area contributed by atoms with Gasteiger partial charge in [-0.1, -0.05) is 20.3 Å². The summed E-state index contributed by atoms with van der Waals surface area (Å²) in [5.41, 5.74) is 0. The zero-order chi connectivity index (χ0) is 12.7. The van der Waals surface area contributed by atoms with Crippen molar-refractivity contribution in [2.24, 2.45) is 17.8 Å². The van der Waals surface area contributed by atoms with E-state index >= 15 is 0 Å². The second-order valence-corrected chi connectivity index (χ2v) is 6.73. The number of carbonyl (C=O) groups excluding carboxylic acids is 1. The van der Waals surface area contributed by atoms with Crippen molar-refractivity contribution >= 4 is 5.91 Å². The smallest absolute Gasteiger partial charge is 0.240 e. The molecule has 2 heterocycles. The molecular formula is C15H26N2O. The second kappa shape index (κ2) is 4.84. The van der Waals surface area contributed by atoms with Crippen LogP contribution in [0.5, 0.6) is 0 Å². The standard InChI is InChI=1S/C15H26N2O/c1-10(2)13-7-4-8-17(13)15(18)14-12-6-3-5-11(12)9-16-14/h10-14,16H,3-9H2,1-2H3. The van der Waals surface area contributed by atoms with Crippen molar-refractivity contribution in [3.8, 4) is 0 Å². The highest BCUT2D eigenvalue weighted by atomic mass is 16.2. The van der Waals surface area contributed by atoms with Crippen molar-refractivity contribution in [1.82, 2.24) is 10.2 Å². The van der Waals surface area contributed by atoms with Crippen LogP contribution < -0.4 is 5.32 Å². The van der Waals surface area contributed by atoms with Crippen LogP contribution in [-0.2, 0) is 4.79 Å². The number of likely N-dealkylation sites (tertiary alicyclic amines) is 1. The Kier molecular flexibility index (Phi) is 3.35. The fourth-order valence-corrected chi connectivity index (χ4v) is 4.40. The first kappa shape index (κ1) is 12.5. The van der Waals surface area contributed by atoms with Crippen molar-refractivity contribution in [2.75, 3.05) is 13.1 Å².